The van der Waals surface area contributed by atoms with E-state index in [1.54, 1.807) is 18.2 Å². The first-order valence-electron chi connectivity index (χ1n) is 7.18. The maximum Gasteiger partial charge on any atom is 0.340 e. The first-order valence-corrected chi connectivity index (χ1v) is 9.49. The predicted molar refractivity (Wildman–Crippen MR) is 98.7 cm³/mol. The Morgan fingerprint density at radius 1 is 1.12 bits per heavy atom. The summed E-state index contributed by atoms with van der Waals surface area (Å²) in [5, 5.41) is 3.31. The van der Waals surface area contributed by atoms with Crippen LogP contribution in [0, 0.1) is 0 Å². The van der Waals surface area contributed by atoms with E-state index in [4.69, 9.17) is 27.9 Å². The molecule has 0 saturated heterocycles. The Kier molecular flexibility index (Phi) is 6.58. The number of anilines is 1. The number of esters is 1. The second kappa shape index (κ2) is 8.47. The molecule has 0 radical (unpaired) electrons. The Balaban J connectivity index is 2.08. The fourth-order valence-electron chi connectivity index (χ4n) is 2.03. The van der Waals surface area contributed by atoms with Gasteiger partial charge in [-0.15, -0.1) is 0 Å². The van der Waals surface area contributed by atoms with Crippen molar-refractivity contribution in [2.75, 3.05) is 11.6 Å². The minimum Gasteiger partial charge on any atom is -0.449 e. The highest BCUT2D eigenvalue weighted by molar-refractivity contribution is 7.84. The molecule has 132 valence electrons. The maximum absolute atomic E-state index is 12.3. The summed E-state index contributed by atoms with van der Waals surface area (Å²) in [5.41, 5.74) is 0.550. The Hall–Kier alpha value is -1.89. The smallest absolute Gasteiger partial charge is 0.340 e. The number of nitrogens with one attached hydrogen (secondary N) is 1. The Labute approximate surface area is 157 Å². The molecule has 0 saturated carbocycles. The topological polar surface area (TPSA) is 72.5 Å². The fraction of sp³-hybridized carbons (Fsp3) is 0.176. The van der Waals surface area contributed by atoms with E-state index in [2.05, 4.69) is 5.32 Å². The number of hydrogen-bond acceptors (Lipinski definition) is 4. The Morgan fingerprint density at radius 2 is 1.72 bits per heavy atom. The molecule has 2 aromatic carbocycles. The van der Waals surface area contributed by atoms with Gasteiger partial charge >= 0.3 is 5.97 Å². The summed E-state index contributed by atoms with van der Waals surface area (Å²) in [5.74, 6) is -1.26. The molecule has 0 unspecified atom stereocenters. The summed E-state index contributed by atoms with van der Waals surface area (Å²) in [6, 6.07) is 11.0. The molecule has 2 rings (SSSR count). The molecule has 8 heteroatoms. The molecule has 0 spiro atoms. The summed E-state index contributed by atoms with van der Waals surface area (Å²) in [6.45, 7) is 1.44. The average molecular weight is 400 g/mol. The van der Waals surface area contributed by atoms with Crippen LogP contribution in [0.15, 0.2) is 47.4 Å². The highest BCUT2D eigenvalue weighted by Gasteiger charge is 2.22. The van der Waals surface area contributed by atoms with E-state index in [0.29, 0.717) is 20.6 Å². The summed E-state index contributed by atoms with van der Waals surface area (Å²) in [4.78, 5) is 24.8. The second-order valence-corrected chi connectivity index (χ2v) is 7.37. The van der Waals surface area contributed by atoms with Crippen LogP contribution >= 0.6 is 23.2 Å². The van der Waals surface area contributed by atoms with Crippen LogP contribution in [0.2, 0.25) is 10.0 Å². The number of hydrogen-bond donors (Lipinski definition) is 1. The predicted octanol–water partition coefficient (Wildman–Crippen LogP) is 3.91. The lowest BCUT2D eigenvalue weighted by molar-refractivity contribution is -0.123. The van der Waals surface area contributed by atoms with Crippen molar-refractivity contribution in [2.24, 2.45) is 0 Å². The molecule has 0 aromatic heterocycles. The SMILES string of the molecule is C[C@H](OC(=O)c1ccccc1[S@@](C)=O)C(=O)Nc1cc(Cl)cc(Cl)c1. The van der Waals surface area contributed by atoms with Gasteiger partial charge in [0.15, 0.2) is 6.10 Å². The van der Waals surface area contributed by atoms with Gasteiger partial charge in [0.05, 0.1) is 21.3 Å². The second-order valence-electron chi connectivity index (χ2n) is 5.15. The summed E-state index contributed by atoms with van der Waals surface area (Å²) in [6.07, 6.45) is 0.397. The van der Waals surface area contributed by atoms with Crippen LogP contribution in [-0.2, 0) is 20.3 Å². The van der Waals surface area contributed by atoms with Gasteiger partial charge in [0.2, 0.25) is 0 Å². The van der Waals surface area contributed by atoms with Gasteiger partial charge in [0, 0.05) is 22.0 Å². The van der Waals surface area contributed by atoms with Crippen LogP contribution in [-0.4, -0.2) is 28.4 Å². The van der Waals surface area contributed by atoms with Crippen LogP contribution in [0.1, 0.15) is 17.3 Å². The molecule has 2 aromatic rings. The van der Waals surface area contributed by atoms with Crippen molar-refractivity contribution in [1.82, 2.24) is 0 Å². The molecule has 25 heavy (non-hydrogen) atoms. The lowest BCUT2D eigenvalue weighted by Crippen LogP contribution is -2.30. The molecule has 2 atom stereocenters. The minimum absolute atomic E-state index is 0.161. The van der Waals surface area contributed by atoms with Gasteiger partial charge in [-0.25, -0.2) is 4.79 Å². The third kappa shape index (κ3) is 5.29. The molecule has 5 nitrogen and oxygen atoms in total. The van der Waals surface area contributed by atoms with Gasteiger partial charge in [0.1, 0.15) is 0 Å². The van der Waals surface area contributed by atoms with E-state index in [0.717, 1.165) is 0 Å². The summed E-state index contributed by atoms with van der Waals surface area (Å²) < 4.78 is 16.9. The van der Waals surface area contributed by atoms with Crippen molar-refractivity contribution in [3.8, 4) is 0 Å². The van der Waals surface area contributed by atoms with Gasteiger partial charge in [0.25, 0.3) is 5.91 Å². The van der Waals surface area contributed by atoms with Crippen molar-refractivity contribution in [2.45, 2.75) is 17.9 Å². The summed E-state index contributed by atoms with van der Waals surface area (Å²) in [7, 11) is -1.35. The molecule has 1 N–H and O–H groups in total. The third-order valence-electron chi connectivity index (χ3n) is 3.20. The Morgan fingerprint density at radius 3 is 2.32 bits per heavy atom. The van der Waals surface area contributed by atoms with Crippen LogP contribution in [0.3, 0.4) is 0 Å². The maximum atomic E-state index is 12.3. The highest BCUT2D eigenvalue weighted by atomic mass is 35.5. The minimum atomic E-state index is -1.35. The lowest BCUT2D eigenvalue weighted by Gasteiger charge is -2.15. The molecule has 0 aliphatic carbocycles. The molecule has 1 amide bonds. The lowest BCUT2D eigenvalue weighted by atomic mass is 10.2. The highest BCUT2D eigenvalue weighted by Crippen LogP contribution is 2.23. The number of rotatable bonds is 5. The van der Waals surface area contributed by atoms with E-state index in [1.807, 2.05) is 0 Å². The molecular weight excluding hydrogens is 385 g/mol. The van der Waals surface area contributed by atoms with Gasteiger partial charge < -0.3 is 10.1 Å². The third-order valence-corrected chi connectivity index (χ3v) is 4.61. The molecule has 0 aliphatic rings. The number of carbonyl (C=O) groups excluding carboxylic acids is 2. The molecule has 0 aliphatic heterocycles. The van der Waals surface area contributed by atoms with E-state index in [9.17, 15) is 13.8 Å². The van der Waals surface area contributed by atoms with E-state index in [1.165, 1.54) is 37.4 Å². The van der Waals surface area contributed by atoms with E-state index in [-0.39, 0.29) is 5.56 Å². The fourth-order valence-corrected chi connectivity index (χ4v) is 3.29. The van der Waals surface area contributed by atoms with Crippen molar-refractivity contribution in [3.63, 3.8) is 0 Å². The number of carbonyl (C=O) groups is 2. The molecule has 0 bridgehead atoms. The largest absolute Gasteiger partial charge is 0.449 e. The van der Waals surface area contributed by atoms with Crippen LogP contribution in [0.25, 0.3) is 0 Å². The van der Waals surface area contributed by atoms with Crippen LogP contribution < -0.4 is 5.32 Å². The standard InChI is InChI=1S/C17H15Cl2NO4S/c1-10(16(21)20-13-8-11(18)7-12(19)9-13)24-17(22)14-5-3-4-6-15(14)25(2)23/h3-10H,1-2H3,(H,20,21)/t10-,25+/m0/s1. The van der Waals surface area contributed by atoms with Crippen LogP contribution in [0.4, 0.5) is 5.69 Å². The number of halogens is 2. The van der Waals surface area contributed by atoms with Gasteiger partial charge in [-0.05, 0) is 37.3 Å². The van der Waals surface area contributed by atoms with Crippen molar-refractivity contribution >= 4 is 51.6 Å². The normalized spacial score (nSPS) is 13.0. The molecule has 0 fully saturated rings. The zero-order chi connectivity index (χ0) is 18.6. The summed E-state index contributed by atoms with van der Waals surface area (Å²) >= 11 is 11.7. The first kappa shape index (κ1) is 19.4. The number of ether oxygens (including phenoxy) is 1. The molecular formula is C17H15Cl2NO4S. The average Bonchev–Trinajstić information content (AvgIpc) is 2.53. The van der Waals surface area contributed by atoms with E-state index >= 15 is 0 Å². The monoisotopic (exact) mass is 399 g/mol. The van der Waals surface area contributed by atoms with Crippen molar-refractivity contribution in [3.05, 3.63) is 58.1 Å². The van der Waals surface area contributed by atoms with E-state index < -0.39 is 28.8 Å². The zero-order valence-electron chi connectivity index (χ0n) is 13.4. The van der Waals surface area contributed by atoms with Gasteiger partial charge in [-0.3, -0.25) is 9.00 Å². The van der Waals surface area contributed by atoms with Crippen molar-refractivity contribution in [1.29, 1.82) is 0 Å². The van der Waals surface area contributed by atoms with Crippen LogP contribution in [0.5, 0.6) is 0 Å². The first-order chi connectivity index (χ1) is 11.8. The van der Waals surface area contributed by atoms with Gasteiger partial charge in [-0.1, -0.05) is 35.3 Å². The van der Waals surface area contributed by atoms with Gasteiger partial charge in [-0.2, -0.15) is 0 Å². The molecule has 0 heterocycles. The zero-order valence-corrected chi connectivity index (χ0v) is 15.7. The Bertz CT molecular complexity index is 821. The van der Waals surface area contributed by atoms with Crippen molar-refractivity contribution < 1.29 is 18.5 Å². The number of amides is 1. The number of benzene rings is 2. The quantitative estimate of drug-likeness (QED) is 0.773.